The van der Waals surface area contributed by atoms with Gasteiger partial charge in [-0.1, -0.05) is 0 Å². The first-order valence-electron chi connectivity index (χ1n) is 1.49. The van der Waals surface area contributed by atoms with Gasteiger partial charge in [-0.15, -0.1) is 0 Å². The van der Waals surface area contributed by atoms with E-state index in [2.05, 4.69) is 0 Å². The summed E-state index contributed by atoms with van der Waals surface area (Å²) in [4.78, 5) is 0. The van der Waals surface area contributed by atoms with Crippen LogP contribution in [0.3, 0.4) is 0 Å². The molecule has 1 N–H and O–H groups in total. The van der Waals surface area contributed by atoms with E-state index in [0.29, 0.717) is 4.44 Å². The Morgan fingerprint density at radius 2 is 2.20 bits per heavy atom. The maximum absolute atomic E-state index is 9.65. The van der Waals surface area contributed by atoms with E-state index in [1.165, 1.54) is 0 Å². The molecule has 0 rings (SSSR count). The van der Waals surface area contributed by atoms with Crippen LogP contribution in [0.2, 0.25) is 4.44 Å². The van der Waals surface area contributed by atoms with Crippen LogP contribution in [0.25, 0.3) is 0 Å². The fourth-order valence-corrected chi connectivity index (χ4v) is 0. The Morgan fingerprint density at radius 3 is 2.20 bits per heavy atom. The van der Waals surface area contributed by atoms with Crippen molar-refractivity contribution in [2.24, 2.45) is 0 Å². The van der Waals surface area contributed by atoms with Crippen LogP contribution in [-0.2, 0) is 3.08 Å². The Hall–Kier alpha value is 0.559. The fourth-order valence-electron chi connectivity index (χ4n) is 0. The van der Waals surface area contributed by atoms with Gasteiger partial charge >= 0.3 is 38.0 Å². The third-order valence-corrected chi connectivity index (χ3v) is 2.03. The van der Waals surface area contributed by atoms with Gasteiger partial charge in [0.15, 0.2) is 0 Å². The van der Waals surface area contributed by atoms with Gasteiger partial charge in [-0.25, -0.2) is 0 Å². The second-order valence-corrected chi connectivity index (χ2v) is 5.01. The molecule has 0 saturated carbocycles. The van der Waals surface area contributed by atoms with E-state index in [4.69, 9.17) is 3.44 Å². The average Bonchev–Trinajstić information content (AvgIpc) is 1.38. The van der Waals surface area contributed by atoms with Crippen LogP contribution in [0.4, 0.5) is 0 Å². The van der Waals surface area contributed by atoms with Crippen molar-refractivity contribution in [3.05, 3.63) is 0 Å². The maximum atomic E-state index is 9.65. The molecule has 0 saturated heterocycles. The SMILES string of the molecule is C[CH2][Sn](=[O])[OH]. The molecule has 0 atom stereocenters. The minimum atomic E-state index is -2.83. The summed E-state index contributed by atoms with van der Waals surface area (Å²) in [7, 11) is 0. The van der Waals surface area contributed by atoms with E-state index in [-0.39, 0.29) is 0 Å². The van der Waals surface area contributed by atoms with Crippen molar-refractivity contribution in [1.82, 2.24) is 0 Å². The third kappa shape index (κ3) is 4.56. The number of hydrogen-bond acceptors (Lipinski definition) is 1. The van der Waals surface area contributed by atoms with Crippen molar-refractivity contribution in [2.45, 2.75) is 11.4 Å². The molecular weight excluding hydrogens is 175 g/mol. The molecule has 0 fully saturated rings. The van der Waals surface area contributed by atoms with Crippen LogP contribution < -0.4 is 0 Å². The number of hydrogen-bond donors (Lipinski definition) is 1. The monoisotopic (exact) mass is 182 g/mol. The van der Waals surface area contributed by atoms with Crippen LogP contribution >= 0.6 is 0 Å². The van der Waals surface area contributed by atoms with E-state index in [0.717, 1.165) is 0 Å². The molecule has 0 bridgehead atoms. The molecule has 0 spiro atoms. The molecule has 5 heavy (non-hydrogen) atoms. The van der Waals surface area contributed by atoms with Gasteiger partial charge in [0, 0.05) is 0 Å². The molecule has 0 amide bonds. The molecule has 0 aliphatic rings. The van der Waals surface area contributed by atoms with Gasteiger partial charge in [0.05, 0.1) is 0 Å². The van der Waals surface area contributed by atoms with E-state index in [1.807, 2.05) is 0 Å². The zero-order valence-corrected chi connectivity index (χ0v) is 5.92. The summed E-state index contributed by atoms with van der Waals surface area (Å²) in [5.74, 6) is 0. The predicted molar refractivity (Wildman–Crippen MR) is 19.1 cm³/mol. The van der Waals surface area contributed by atoms with Crippen LogP contribution in [-0.4, -0.2) is 23.6 Å². The molecule has 0 aliphatic carbocycles. The molecule has 0 heterocycles. The Morgan fingerprint density at radius 1 is 2.00 bits per heavy atom. The summed E-state index contributed by atoms with van der Waals surface area (Å²) in [6, 6.07) is 0. The second-order valence-electron chi connectivity index (χ2n) is 0.747. The standard InChI is InChI=1S/C2H5.H2O.O.Sn/c1-2;;;/h1H2,2H3;1H2;;/q;;;+1/p-1. The van der Waals surface area contributed by atoms with Crippen LogP contribution in [0.1, 0.15) is 6.92 Å². The van der Waals surface area contributed by atoms with Crippen molar-refractivity contribution in [3.63, 3.8) is 0 Å². The number of rotatable bonds is 1. The molecule has 0 aromatic rings. The van der Waals surface area contributed by atoms with Crippen molar-refractivity contribution in [3.8, 4) is 0 Å². The summed E-state index contributed by atoms with van der Waals surface area (Å²) in [5, 5.41) is 0. The first kappa shape index (κ1) is 5.56. The minimum absolute atomic E-state index is 0.502. The van der Waals surface area contributed by atoms with E-state index in [9.17, 15) is 3.08 Å². The van der Waals surface area contributed by atoms with Gasteiger partial charge in [-0.3, -0.25) is 0 Å². The first-order chi connectivity index (χ1) is 2.27. The van der Waals surface area contributed by atoms with Gasteiger partial charge in [-0.05, 0) is 0 Å². The zero-order valence-electron chi connectivity index (χ0n) is 3.06. The van der Waals surface area contributed by atoms with Gasteiger partial charge in [0.25, 0.3) is 0 Å². The molecule has 3 heteroatoms. The summed E-state index contributed by atoms with van der Waals surface area (Å²) < 4.78 is 18.2. The summed E-state index contributed by atoms with van der Waals surface area (Å²) in [5.41, 5.74) is 0. The van der Waals surface area contributed by atoms with E-state index < -0.39 is 20.2 Å². The summed E-state index contributed by atoms with van der Waals surface area (Å²) in [6.45, 7) is 1.72. The van der Waals surface area contributed by atoms with Crippen molar-refractivity contribution >= 4 is 20.2 Å². The van der Waals surface area contributed by atoms with Crippen LogP contribution in [0, 0.1) is 0 Å². The molecular formula is C2H6O2Sn. The summed E-state index contributed by atoms with van der Waals surface area (Å²) >= 11 is -2.83. The fraction of sp³-hybridized carbons (Fsp3) is 1.00. The molecule has 0 aromatic heterocycles. The molecule has 30 valence electrons. The normalized spacial score (nSPS) is 7.60. The van der Waals surface area contributed by atoms with Crippen molar-refractivity contribution < 1.29 is 6.52 Å². The topological polar surface area (TPSA) is 37.3 Å². The molecule has 0 radical (unpaired) electrons. The third-order valence-electron chi connectivity index (χ3n) is 0.302. The van der Waals surface area contributed by atoms with Crippen LogP contribution in [0.5, 0.6) is 0 Å². The quantitative estimate of drug-likeness (QED) is 0.574. The van der Waals surface area contributed by atoms with Gasteiger partial charge in [0.1, 0.15) is 0 Å². The van der Waals surface area contributed by atoms with Crippen LogP contribution in [0.15, 0.2) is 0 Å². The second kappa shape index (κ2) is 2.78. The van der Waals surface area contributed by atoms with Gasteiger partial charge < -0.3 is 0 Å². The molecule has 0 aliphatic heterocycles. The Bertz CT molecular complexity index is 42.9. The zero-order chi connectivity index (χ0) is 4.28. The predicted octanol–water partition coefficient (Wildman–Crippen LogP) is -0.0827. The van der Waals surface area contributed by atoms with Crippen molar-refractivity contribution in [1.29, 1.82) is 0 Å². The van der Waals surface area contributed by atoms with Gasteiger partial charge in [-0.2, -0.15) is 0 Å². The molecule has 0 unspecified atom stereocenters. The first-order valence-corrected chi connectivity index (χ1v) is 5.95. The van der Waals surface area contributed by atoms with E-state index >= 15 is 0 Å². The Labute approximate surface area is 38.5 Å². The van der Waals surface area contributed by atoms with Crippen molar-refractivity contribution in [2.75, 3.05) is 0 Å². The van der Waals surface area contributed by atoms with E-state index in [1.54, 1.807) is 6.92 Å². The molecule has 2 nitrogen and oxygen atoms in total. The summed E-state index contributed by atoms with van der Waals surface area (Å²) in [6.07, 6.45) is 0. The molecule has 0 aromatic carbocycles. The van der Waals surface area contributed by atoms with Gasteiger partial charge in [0.2, 0.25) is 0 Å². The Balaban J connectivity index is 2.85. The Kier molecular flexibility index (Phi) is 3.09. The average molecular weight is 181 g/mol.